The van der Waals surface area contributed by atoms with E-state index in [0.29, 0.717) is 0 Å². The third-order valence-electron chi connectivity index (χ3n) is 3.48. The van der Waals surface area contributed by atoms with Gasteiger partial charge in [-0.05, 0) is 36.9 Å². The van der Waals surface area contributed by atoms with Crippen LogP contribution in [-0.2, 0) is 13.1 Å². The van der Waals surface area contributed by atoms with Gasteiger partial charge in [-0.15, -0.1) is 11.3 Å². The van der Waals surface area contributed by atoms with E-state index in [9.17, 15) is 0 Å². The molecule has 118 valence electrons. The smallest absolute Gasteiger partial charge is 0.142 e. The molecule has 2 heterocycles. The van der Waals surface area contributed by atoms with E-state index in [-0.39, 0.29) is 0 Å². The highest BCUT2D eigenvalue weighted by Gasteiger charge is 2.08. The van der Waals surface area contributed by atoms with Crippen molar-refractivity contribution in [2.24, 2.45) is 0 Å². The molecule has 0 spiro atoms. The average Bonchev–Trinajstić information content (AvgIpc) is 3.04. The molecule has 0 saturated carbocycles. The van der Waals surface area contributed by atoms with Crippen LogP contribution in [0.5, 0.6) is 5.75 Å². The maximum absolute atomic E-state index is 5.19. The van der Waals surface area contributed by atoms with Crippen LogP contribution in [0.3, 0.4) is 0 Å². The Kier molecular flexibility index (Phi) is 5.00. The van der Waals surface area contributed by atoms with E-state index in [1.54, 1.807) is 24.6 Å². The Morgan fingerprint density at radius 1 is 1.09 bits per heavy atom. The van der Waals surface area contributed by atoms with E-state index in [4.69, 9.17) is 4.74 Å². The van der Waals surface area contributed by atoms with Crippen LogP contribution in [0, 0.1) is 0 Å². The Bertz CT molecular complexity index is 740. The molecule has 0 atom stereocenters. The van der Waals surface area contributed by atoms with E-state index in [1.807, 2.05) is 30.3 Å². The highest BCUT2D eigenvalue weighted by molar-refractivity contribution is 7.13. The Balaban J connectivity index is 1.61. The number of aromatic nitrogens is 2. The van der Waals surface area contributed by atoms with Gasteiger partial charge in [0.2, 0.25) is 0 Å². The molecule has 3 rings (SSSR count). The van der Waals surface area contributed by atoms with Crippen LogP contribution in [0.4, 0.5) is 0 Å². The number of hydrogen-bond acceptors (Lipinski definition) is 5. The lowest BCUT2D eigenvalue weighted by Crippen LogP contribution is -2.17. The van der Waals surface area contributed by atoms with Crippen LogP contribution in [0.25, 0.3) is 10.7 Å². The number of hydrogen-bond donors (Lipinski definition) is 0. The molecular formula is C18H19N3OS. The molecule has 0 saturated heterocycles. The van der Waals surface area contributed by atoms with Gasteiger partial charge < -0.3 is 4.74 Å². The third kappa shape index (κ3) is 4.15. The van der Waals surface area contributed by atoms with E-state index in [1.165, 1.54) is 5.56 Å². The zero-order valence-electron chi connectivity index (χ0n) is 13.3. The van der Waals surface area contributed by atoms with Crippen molar-refractivity contribution in [3.8, 4) is 16.5 Å². The summed E-state index contributed by atoms with van der Waals surface area (Å²) in [7, 11) is 3.78. The van der Waals surface area contributed by atoms with Crippen LogP contribution in [0.2, 0.25) is 0 Å². The minimum atomic E-state index is 0.815. The molecule has 3 aromatic rings. The summed E-state index contributed by atoms with van der Waals surface area (Å²) >= 11 is 1.64. The molecule has 23 heavy (non-hydrogen) atoms. The Labute approximate surface area is 140 Å². The highest BCUT2D eigenvalue weighted by Crippen LogP contribution is 2.22. The molecule has 0 radical (unpaired) electrons. The number of benzene rings is 1. The van der Waals surface area contributed by atoms with E-state index < -0.39 is 0 Å². The monoisotopic (exact) mass is 325 g/mol. The predicted molar refractivity (Wildman–Crippen MR) is 93.5 cm³/mol. The van der Waals surface area contributed by atoms with Gasteiger partial charge in [0.25, 0.3) is 0 Å². The van der Waals surface area contributed by atoms with Crippen molar-refractivity contribution in [2.75, 3.05) is 14.2 Å². The Morgan fingerprint density at radius 2 is 1.91 bits per heavy atom. The summed E-state index contributed by atoms with van der Waals surface area (Å²) < 4.78 is 5.19. The van der Waals surface area contributed by atoms with Gasteiger partial charge in [-0.1, -0.05) is 18.2 Å². The van der Waals surface area contributed by atoms with Crippen molar-refractivity contribution in [3.05, 3.63) is 65.3 Å². The number of rotatable bonds is 6. The number of ether oxygens (including phenoxy) is 1. The fourth-order valence-corrected chi connectivity index (χ4v) is 3.15. The number of nitrogens with zero attached hydrogens (tertiary/aromatic N) is 3. The number of pyridine rings is 1. The van der Waals surface area contributed by atoms with E-state index in [2.05, 4.69) is 39.4 Å². The zero-order chi connectivity index (χ0) is 16.1. The van der Waals surface area contributed by atoms with Crippen molar-refractivity contribution < 1.29 is 4.74 Å². The molecule has 0 N–H and O–H groups in total. The van der Waals surface area contributed by atoms with Gasteiger partial charge in [0.1, 0.15) is 10.8 Å². The van der Waals surface area contributed by atoms with Gasteiger partial charge in [-0.3, -0.25) is 9.88 Å². The summed E-state index contributed by atoms with van der Waals surface area (Å²) in [5.41, 5.74) is 3.27. The number of thiazole rings is 1. The largest absolute Gasteiger partial charge is 0.497 e. The van der Waals surface area contributed by atoms with Crippen molar-refractivity contribution in [1.29, 1.82) is 0 Å². The first-order valence-corrected chi connectivity index (χ1v) is 8.30. The van der Waals surface area contributed by atoms with Crippen molar-refractivity contribution in [1.82, 2.24) is 14.9 Å². The minimum absolute atomic E-state index is 0.815. The second-order valence-corrected chi connectivity index (χ2v) is 6.24. The topological polar surface area (TPSA) is 38.2 Å². The van der Waals surface area contributed by atoms with Gasteiger partial charge in [0, 0.05) is 24.7 Å². The SMILES string of the molecule is COc1ccc(CN(C)Cc2csc(-c3ccccn3)n2)cc1. The summed E-state index contributed by atoms with van der Waals surface area (Å²) in [4.78, 5) is 11.3. The molecule has 0 unspecified atom stereocenters. The first kappa shape index (κ1) is 15.6. The fraction of sp³-hybridized carbons (Fsp3) is 0.222. The van der Waals surface area contributed by atoms with E-state index >= 15 is 0 Å². The second kappa shape index (κ2) is 7.35. The van der Waals surface area contributed by atoms with Crippen LogP contribution in [0.1, 0.15) is 11.3 Å². The number of methoxy groups -OCH3 is 1. The summed E-state index contributed by atoms with van der Waals surface area (Å²) in [5.74, 6) is 0.885. The average molecular weight is 325 g/mol. The third-order valence-corrected chi connectivity index (χ3v) is 4.39. The van der Waals surface area contributed by atoms with E-state index in [0.717, 1.165) is 35.2 Å². The molecule has 0 fully saturated rings. The predicted octanol–water partition coefficient (Wildman–Crippen LogP) is 3.85. The first-order valence-electron chi connectivity index (χ1n) is 7.42. The maximum atomic E-state index is 5.19. The zero-order valence-corrected chi connectivity index (χ0v) is 14.1. The Morgan fingerprint density at radius 3 is 2.61 bits per heavy atom. The van der Waals surface area contributed by atoms with Crippen LogP contribution < -0.4 is 4.74 Å². The molecule has 5 heteroatoms. The van der Waals surface area contributed by atoms with Crippen molar-refractivity contribution in [3.63, 3.8) is 0 Å². The molecule has 0 bridgehead atoms. The molecule has 1 aromatic carbocycles. The molecule has 0 aliphatic rings. The van der Waals surface area contributed by atoms with Gasteiger partial charge in [0.05, 0.1) is 18.5 Å². The lowest BCUT2D eigenvalue weighted by atomic mass is 10.2. The van der Waals surface area contributed by atoms with Gasteiger partial charge in [-0.25, -0.2) is 4.98 Å². The van der Waals surface area contributed by atoms with Crippen molar-refractivity contribution in [2.45, 2.75) is 13.1 Å². The highest BCUT2D eigenvalue weighted by atomic mass is 32.1. The summed E-state index contributed by atoms with van der Waals surface area (Å²) in [6.45, 7) is 1.69. The summed E-state index contributed by atoms with van der Waals surface area (Å²) in [5, 5.41) is 3.08. The summed E-state index contributed by atoms with van der Waals surface area (Å²) in [6, 6.07) is 14.1. The molecule has 2 aromatic heterocycles. The maximum Gasteiger partial charge on any atom is 0.142 e. The minimum Gasteiger partial charge on any atom is -0.497 e. The lowest BCUT2D eigenvalue weighted by Gasteiger charge is -2.15. The normalized spacial score (nSPS) is 10.9. The molecule has 0 aliphatic carbocycles. The van der Waals surface area contributed by atoms with Gasteiger partial charge in [-0.2, -0.15) is 0 Å². The molecule has 4 nitrogen and oxygen atoms in total. The fourth-order valence-electron chi connectivity index (χ4n) is 2.36. The van der Waals surface area contributed by atoms with Crippen molar-refractivity contribution >= 4 is 11.3 Å². The standard InChI is InChI=1S/C18H19N3OS/c1-21(11-14-6-8-16(22-2)9-7-14)12-15-13-23-18(20-15)17-5-3-4-10-19-17/h3-10,13H,11-12H2,1-2H3. The van der Waals surface area contributed by atoms with Crippen LogP contribution >= 0.6 is 11.3 Å². The van der Waals surface area contributed by atoms with Gasteiger partial charge in [0.15, 0.2) is 0 Å². The van der Waals surface area contributed by atoms with Gasteiger partial charge >= 0.3 is 0 Å². The molecular weight excluding hydrogens is 306 g/mol. The first-order chi connectivity index (χ1) is 11.2. The lowest BCUT2D eigenvalue weighted by molar-refractivity contribution is 0.315. The molecule has 0 aliphatic heterocycles. The second-order valence-electron chi connectivity index (χ2n) is 5.38. The quantitative estimate of drug-likeness (QED) is 0.690. The Hall–Kier alpha value is -2.24. The van der Waals surface area contributed by atoms with Crippen LogP contribution in [0.15, 0.2) is 54.0 Å². The van der Waals surface area contributed by atoms with Crippen LogP contribution in [-0.4, -0.2) is 29.0 Å². The molecule has 0 amide bonds. The summed E-state index contributed by atoms with van der Waals surface area (Å²) in [6.07, 6.45) is 1.80.